The number of aliphatic hydroxyl groups is 1. The number of hydrogen-bond donors (Lipinski definition) is 3. The zero-order valence-corrected chi connectivity index (χ0v) is 41.0. The zero-order valence-electron chi connectivity index (χ0n) is 41.0. The molecule has 15 atom stereocenters. The Labute approximate surface area is 394 Å². The number of carbonyl (C=O) groups is 4. The smallest absolute Gasteiger partial charge is 0.404 e. The van der Waals surface area contributed by atoms with Crippen LogP contribution in [0.1, 0.15) is 104 Å². The van der Waals surface area contributed by atoms with Gasteiger partial charge in [0.2, 0.25) is 18.2 Å². The minimum Gasteiger partial charge on any atom is -0.462 e. The number of esters is 1. The van der Waals surface area contributed by atoms with Crippen molar-refractivity contribution in [2.45, 2.75) is 141 Å². The number of amides is 2. The minimum absolute atomic E-state index is 0.0241. The molecule has 19 nitrogen and oxygen atoms in total. The number of Topliss-reactive ketones (excluding diaryl/α,β-unsaturated/α-hetero) is 1. The van der Waals surface area contributed by atoms with Gasteiger partial charge in [0, 0.05) is 78.2 Å². The minimum atomic E-state index is -1.04. The van der Waals surface area contributed by atoms with Crippen molar-refractivity contribution in [2.24, 2.45) is 41.2 Å². The Balaban J connectivity index is 1.59. The molecule has 0 aliphatic carbocycles. The topological polar surface area (TPSA) is 246 Å². The Bertz CT molecular complexity index is 1900. The highest BCUT2D eigenvalue weighted by Crippen LogP contribution is 2.32. The first-order chi connectivity index (χ1) is 31.9. The number of aliphatic hydroxyl groups excluding tert-OH is 1. The molecular formula is C48H75N5O14. The molecule has 2 unspecified atom stereocenters. The van der Waals surface area contributed by atoms with E-state index in [9.17, 15) is 24.3 Å². The first kappa shape index (κ1) is 55.1. The first-order valence-electron chi connectivity index (χ1n) is 23.2. The summed E-state index contributed by atoms with van der Waals surface area (Å²) in [5.74, 6) is -1.74. The van der Waals surface area contributed by atoms with Crippen molar-refractivity contribution < 1.29 is 66.3 Å². The van der Waals surface area contributed by atoms with Crippen LogP contribution in [0.2, 0.25) is 0 Å². The fourth-order valence-corrected chi connectivity index (χ4v) is 9.20. The maximum absolute atomic E-state index is 14.0. The molecule has 2 aliphatic heterocycles. The normalized spacial score (nSPS) is 29.2. The van der Waals surface area contributed by atoms with E-state index in [0.29, 0.717) is 43.0 Å². The van der Waals surface area contributed by atoms with Gasteiger partial charge in [-0.15, -0.1) is 0 Å². The monoisotopic (exact) mass is 946 g/mol. The van der Waals surface area contributed by atoms with Gasteiger partial charge in [-0.25, -0.2) is 14.8 Å². The number of nitrogens with one attached hydrogen (secondary N) is 1. The van der Waals surface area contributed by atoms with Crippen LogP contribution >= 0.6 is 0 Å². The summed E-state index contributed by atoms with van der Waals surface area (Å²) in [6.07, 6.45) is 6.38. The largest absolute Gasteiger partial charge is 0.462 e. The van der Waals surface area contributed by atoms with Gasteiger partial charge in [-0.1, -0.05) is 53.7 Å². The van der Waals surface area contributed by atoms with Gasteiger partial charge in [-0.3, -0.25) is 19.7 Å². The summed E-state index contributed by atoms with van der Waals surface area (Å²) >= 11 is 0. The molecule has 4 heterocycles. The molecule has 0 radical (unpaired) electrons. The molecule has 2 aromatic heterocycles. The molecule has 67 heavy (non-hydrogen) atoms. The van der Waals surface area contributed by atoms with Gasteiger partial charge in [-0.2, -0.15) is 0 Å². The summed E-state index contributed by atoms with van der Waals surface area (Å²) in [5, 5.41) is 14.9. The molecule has 4 rings (SSSR count). The van der Waals surface area contributed by atoms with Crippen LogP contribution in [-0.2, 0) is 47.5 Å². The second kappa shape index (κ2) is 26.9. The quantitative estimate of drug-likeness (QED) is 0.124. The number of rotatable bonds is 17. The predicted octanol–water partition coefficient (Wildman–Crippen LogP) is 5.86. The van der Waals surface area contributed by atoms with Crippen molar-refractivity contribution in [1.29, 1.82) is 0 Å². The lowest BCUT2D eigenvalue weighted by atomic mass is 9.84. The highest BCUT2D eigenvalue weighted by Gasteiger charge is 2.40. The molecule has 2 amide bonds. The van der Waals surface area contributed by atoms with Gasteiger partial charge in [0.15, 0.2) is 11.9 Å². The van der Waals surface area contributed by atoms with Crippen molar-refractivity contribution >= 4 is 30.3 Å². The second-order valence-electron chi connectivity index (χ2n) is 18.4. The van der Waals surface area contributed by atoms with Crippen LogP contribution in [0.15, 0.2) is 39.7 Å². The number of oxazole rings is 2. The summed E-state index contributed by atoms with van der Waals surface area (Å²) in [6, 6.07) is -0.290. The van der Waals surface area contributed by atoms with Crippen LogP contribution in [0.3, 0.4) is 0 Å². The molecule has 376 valence electrons. The zero-order chi connectivity index (χ0) is 49.4. The SMILES string of the molecule is CO[C@H]([C@H](C)/C=C/N(C)C=O)[C@@H](C)C(=O)CC[C@H](C)[C@H](C[C@@H]1OC(=O)C[C@@H](OC(N)=O)C[C@H](C)C[C@H](O)[C@H](C)[C@@H](OC)C2COC(N2)c2coc(n2)-c2coc(n2)C=CC[C@H](OC)[C@H]1C)OC. The number of ether oxygens (including phenoxy) is 7. The van der Waals surface area contributed by atoms with Crippen LogP contribution in [0.25, 0.3) is 17.7 Å². The number of ketones is 1. The first-order valence-corrected chi connectivity index (χ1v) is 23.2. The number of hydrogen-bond acceptors (Lipinski definition) is 17. The van der Waals surface area contributed by atoms with Crippen LogP contribution in [0.4, 0.5) is 4.79 Å². The number of nitrogens with two attached hydrogens (primary N) is 1. The Kier molecular flexibility index (Phi) is 22.1. The van der Waals surface area contributed by atoms with E-state index in [4.69, 9.17) is 47.7 Å². The van der Waals surface area contributed by atoms with Crippen molar-refractivity contribution in [2.75, 3.05) is 42.1 Å². The number of methoxy groups -OCH3 is 4. The summed E-state index contributed by atoms with van der Waals surface area (Å²) in [5.41, 5.74) is 6.40. The molecule has 6 bridgehead atoms. The molecule has 1 fully saturated rings. The summed E-state index contributed by atoms with van der Waals surface area (Å²) in [4.78, 5) is 61.3. The van der Waals surface area contributed by atoms with Crippen LogP contribution in [0.5, 0.6) is 0 Å². The molecule has 1 saturated heterocycles. The summed E-state index contributed by atoms with van der Waals surface area (Å²) in [7, 11) is 7.95. The third kappa shape index (κ3) is 16.0. The van der Waals surface area contributed by atoms with E-state index < -0.39 is 72.9 Å². The third-order valence-corrected chi connectivity index (χ3v) is 13.3. The van der Waals surface area contributed by atoms with E-state index in [1.165, 1.54) is 17.4 Å². The van der Waals surface area contributed by atoms with Crippen LogP contribution < -0.4 is 11.1 Å². The van der Waals surface area contributed by atoms with Gasteiger partial charge in [0.25, 0.3) is 0 Å². The average Bonchev–Trinajstić information content (AvgIpc) is 4.09. The molecular weight excluding hydrogens is 871 g/mol. The number of fused-ring (bicyclic) bond motifs is 8. The lowest BCUT2D eigenvalue weighted by Gasteiger charge is -2.34. The average molecular weight is 946 g/mol. The fourth-order valence-electron chi connectivity index (χ4n) is 9.20. The van der Waals surface area contributed by atoms with Crippen LogP contribution in [-0.4, -0.2) is 135 Å². The lowest BCUT2D eigenvalue weighted by molar-refractivity contribution is -0.160. The molecule has 0 saturated carbocycles. The van der Waals surface area contributed by atoms with Gasteiger partial charge in [-0.05, 0) is 43.6 Å². The van der Waals surface area contributed by atoms with E-state index >= 15 is 0 Å². The van der Waals surface area contributed by atoms with Gasteiger partial charge < -0.3 is 57.7 Å². The van der Waals surface area contributed by atoms with Gasteiger partial charge in [0.05, 0.1) is 49.6 Å². The molecule has 2 aromatic rings. The van der Waals surface area contributed by atoms with E-state index in [2.05, 4.69) is 15.3 Å². The van der Waals surface area contributed by atoms with E-state index in [0.717, 1.165) is 0 Å². The van der Waals surface area contributed by atoms with E-state index in [1.54, 1.807) is 47.8 Å². The Morgan fingerprint density at radius 1 is 1.03 bits per heavy atom. The standard InChI is InChI=1S/C48H75N5O14/c1-27-19-33(66-48(49)58)21-43(57)67-41(22-40(60-9)28(2)15-16-37(55)30(4)44(61-10)29(3)17-18-53(7)26-54)32(6)39(59-8)13-12-14-42-50-35(24-63-42)46-52-36(25-65-46)47-51-34(23-64-47)45(62-11)31(5)38(56)20-27/h12,14,17-18,24-34,38-41,44-45,47,51,56H,13,15-16,19-23H2,1-11H3,(H2,49,58)/b14-12?,18-17+/t27-,28-,29+,30-,31-,32+,33-,34?,38-,39-,40-,41-,44+,45+,47?/m0/s1. The highest BCUT2D eigenvalue weighted by molar-refractivity contribution is 5.81. The predicted molar refractivity (Wildman–Crippen MR) is 245 cm³/mol. The van der Waals surface area contributed by atoms with Gasteiger partial charge in [0.1, 0.15) is 36.2 Å². The maximum atomic E-state index is 14.0. The highest BCUT2D eigenvalue weighted by atomic mass is 16.6. The Hall–Kier alpha value is -4.50. The number of aromatic nitrogens is 2. The van der Waals surface area contributed by atoms with Crippen LogP contribution in [0, 0.1) is 35.5 Å². The molecule has 2 aliphatic rings. The molecule has 0 spiro atoms. The molecule has 19 heteroatoms. The summed E-state index contributed by atoms with van der Waals surface area (Å²) < 4.78 is 53.0. The van der Waals surface area contributed by atoms with E-state index in [1.807, 2.05) is 53.7 Å². The third-order valence-electron chi connectivity index (χ3n) is 13.3. The number of nitrogens with zero attached hydrogens (tertiary/aromatic N) is 3. The van der Waals surface area contributed by atoms with Crippen molar-refractivity contribution in [3.05, 3.63) is 42.5 Å². The van der Waals surface area contributed by atoms with Gasteiger partial charge >= 0.3 is 12.1 Å². The maximum Gasteiger partial charge on any atom is 0.404 e. The lowest BCUT2D eigenvalue weighted by Crippen LogP contribution is -2.46. The molecule has 4 N–H and O–H groups in total. The fraction of sp³-hybridized carbons (Fsp3) is 0.708. The number of primary amides is 1. The molecule has 0 aromatic carbocycles. The van der Waals surface area contributed by atoms with Crippen molar-refractivity contribution in [3.8, 4) is 11.6 Å². The van der Waals surface area contributed by atoms with E-state index in [-0.39, 0.29) is 73.7 Å². The van der Waals surface area contributed by atoms with Crippen molar-refractivity contribution in [3.63, 3.8) is 0 Å². The Morgan fingerprint density at radius 2 is 1.78 bits per heavy atom. The van der Waals surface area contributed by atoms with Crippen molar-refractivity contribution in [1.82, 2.24) is 20.2 Å². The summed E-state index contributed by atoms with van der Waals surface area (Å²) in [6.45, 7) is 11.8. The Morgan fingerprint density at radius 3 is 2.43 bits per heavy atom. The number of carbonyl (C=O) groups excluding carboxylic acids is 4. The number of cyclic esters (lactones) is 1. The second-order valence-corrected chi connectivity index (χ2v) is 18.4.